The van der Waals surface area contributed by atoms with Crippen LogP contribution in [-0.2, 0) is 0 Å². The normalized spacial score (nSPS) is 31.9. The first kappa shape index (κ1) is 11.7. The maximum absolute atomic E-state index is 5.89. The van der Waals surface area contributed by atoms with Crippen LogP contribution in [0.1, 0.15) is 32.6 Å². The molecule has 0 saturated carbocycles. The van der Waals surface area contributed by atoms with E-state index in [9.17, 15) is 0 Å². The van der Waals surface area contributed by atoms with Crippen LogP contribution in [0.15, 0.2) is 4.99 Å². The van der Waals surface area contributed by atoms with Crippen LogP contribution >= 0.6 is 0 Å². The van der Waals surface area contributed by atoms with E-state index in [1.54, 1.807) is 0 Å². The van der Waals surface area contributed by atoms with E-state index in [2.05, 4.69) is 28.8 Å². The molecule has 92 valence electrons. The molecule has 16 heavy (non-hydrogen) atoms. The fourth-order valence-corrected chi connectivity index (χ4v) is 2.95. The zero-order valence-electron chi connectivity index (χ0n) is 10.6. The maximum atomic E-state index is 5.89. The lowest BCUT2D eigenvalue weighted by Gasteiger charge is -2.36. The number of nitrogens with two attached hydrogens (primary N) is 1. The SMILES string of the molecule is CCCN1CCCC2(CC1)CN=C(N)N2C. The highest BCUT2D eigenvalue weighted by Gasteiger charge is 2.40. The predicted molar refractivity (Wildman–Crippen MR) is 67.6 cm³/mol. The Morgan fingerprint density at radius 3 is 2.81 bits per heavy atom. The molecule has 0 aromatic carbocycles. The maximum Gasteiger partial charge on any atom is 0.191 e. The fourth-order valence-electron chi connectivity index (χ4n) is 2.95. The molecule has 0 aliphatic carbocycles. The lowest BCUT2D eigenvalue weighted by atomic mass is 9.90. The van der Waals surface area contributed by atoms with Gasteiger partial charge in [0.15, 0.2) is 5.96 Å². The lowest BCUT2D eigenvalue weighted by molar-refractivity contribution is 0.199. The Balaban J connectivity index is 1.99. The molecule has 0 amide bonds. The van der Waals surface area contributed by atoms with E-state index < -0.39 is 0 Å². The van der Waals surface area contributed by atoms with Crippen molar-refractivity contribution in [1.82, 2.24) is 9.80 Å². The van der Waals surface area contributed by atoms with Gasteiger partial charge in [-0.1, -0.05) is 6.92 Å². The number of guanidine groups is 1. The summed E-state index contributed by atoms with van der Waals surface area (Å²) in [6, 6.07) is 0. The van der Waals surface area contributed by atoms with Crippen LogP contribution in [0, 0.1) is 0 Å². The summed E-state index contributed by atoms with van der Waals surface area (Å²) in [6.07, 6.45) is 4.95. The Bertz CT molecular complexity index is 276. The molecule has 0 aromatic rings. The van der Waals surface area contributed by atoms with Gasteiger partial charge in [0.2, 0.25) is 0 Å². The first-order chi connectivity index (χ1) is 7.68. The summed E-state index contributed by atoms with van der Waals surface area (Å²) in [6.45, 7) is 6.82. The predicted octanol–water partition coefficient (Wildman–Crippen LogP) is 0.881. The van der Waals surface area contributed by atoms with Crippen LogP contribution in [0.3, 0.4) is 0 Å². The van der Waals surface area contributed by atoms with Crippen molar-refractivity contribution < 1.29 is 0 Å². The number of aliphatic imine (C=N–C) groups is 1. The molecule has 2 N–H and O–H groups in total. The number of likely N-dealkylation sites (tertiary alicyclic amines) is 1. The molecule has 1 saturated heterocycles. The summed E-state index contributed by atoms with van der Waals surface area (Å²) in [4.78, 5) is 9.20. The topological polar surface area (TPSA) is 44.9 Å². The van der Waals surface area contributed by atoms with Crippen LogP contribution in [0.2, 0.25) is 0 Å². The van der Waals surface area contributed by atoms with Gasteiger partial charge in [-0.3, -0.25) is 4.99 Å². The summed E-state index contributed by atoms with van der Waals surface area (Å²) in [7, 11) is 2.10. The van der Waals surface area contributed by atoms with Gasteiger partial charge < -0.3 is 15.5 Å². The van der Waals surface area contributed by atoms with Crippen molar-refractivity contribution in [3.05, 3.63) is 0 Å². The second-order valence-corrected chi connectivity index (χ2v) is 5.15. The molecule has 1 unspecified atom stereocenters. The van der Waals surface area contributed by atoms with Gasteiger partial charge in [-0.15, -0.1) is 0 Å². The van der Waals surface area contributed by atoms with E-state index in [0.29, 0.717) is 0 Å². The van der Waals surface area contributed by atoms with Crippen LogP contribution in [0.5, 0.6) is 0 Å². The minimum absolute atomic E-state index is 0.229. The van der Waals surface area contributed by atoms with Crippen molar-refractivity contribution in [1.29, 1.82) is 0 Å². The lowest BCUT2D eigenvalue weighted by Crippen LogP contribution is -2.49. The van der Waals surface area contributed by atoms with Crippen LogP contribution < -0.4 is 5.73 Å². The zero-order chi connectivity index (χ0) is 11.6. The van der Waals surface area contributed by atoms with Crippen LogP contribution in [0.25, 0.3) is 0 Å². The van der Waals surface area contributed by atoms with Crippen LogP contribution in [0.4, 0.5) is 0 Å². The third-order valence-corrected chi connectivity index (χ3v) is 4.14. The molecule has 0 bridgehead atoms. The number of hydrogen-bond donors (Lipinski definition) is 1. The highest BCUT2D eigenvalue weighted by molar-refractivity contribution is 5.80. The Labute approximate surface area is 98.5 Å². The highest BCUT2D eigenvalue weighted by Crippen LogP contribution is 2.31. The van der Waals surface area contributed by atoms with Gasteiger partial charge in [0.25, 0.3) is 0 Å². The summed E-state index contributed by atoms with van der Waals surface area (Å²) < 4.78 is 0. The number of rotatable bonds is 2. The monoisotopic (exact) mass is 224 g/mol. The molecule has 1 fully saturated rings. The molecule has 4 nitrogen and oxygen atoms in total. The van der Waals surface area contributed by atoms with Crippen molar-refractivity contribution in [2.24, 2.45) is 10.7 Å². The Kier molecular flexibility index (Phi) is 3.38. The van der Waals surface area contributed by atoms with E-state index in [1.807, 2.05) is 0 Å². The first-order valence-electron chi connectivity index (χ1n) is 6.44. The van der Waals surface area contributed by atoms with Gasteiger partial charge in [-0.25, -0.2) is 0 Å². The molecule has 1 spiro atoms. The average Bonchev–Trinajstić information content (AvgIpc) is 2.48. The second kappa shape index (κ2) is 4.62. The molecule has 4 heteroatoms. The van der Waals surface area contributed by atoms with Gasteiger partial charge in [0, 0.05) is 13.6 Å². The number of nitrogens with zero attached hydrogens (tertiary/aromatic N) is 3. The standard InChI is InChI=1S/C12H24N4/c1-3-7-16-8-4-5-12(6-9-16)10-14-11(13)15(12)2/h3-10H2,1-2H3,(H2,13,14). The van der Waals surface area contributed by atoms with Gasteiger partial charge >= 0.3 is 0 Å². The summed E-state index contributed by atoms with van der Waals surface area (Å²) in [5.41, 5.74) is 6.12. The van der Waals surface area contributed by atoms with E-state index >= 15 is 0 Å². The third kappa shape index (κ3) is 2.03. The zero-order valence-corrected chi connectivity index (χ0v) is 10.6. The Morgan fingerprint density at radius 1 is 1.38 bits per heavy atom. The van der Waals surface area contributed by atoms with Crippen molar-refractivity contribution in [2.45, 2.75) is 38.1 Å². The molecular weight excluding hydrogens is 200 g/mol. The summed E-state index contributed by atoms with van der Waals surface area (Å²) in [5, 5.41) is 0. The minimum Gasteiger partial charge on any atom is -0.370 e. The van der Waals surface area contributed by atoms with Crippen LogP contribution in [-0.4, -0.2) is 54.5 Å². The molecule has 2 heterocycles. The Morgan fingerprint density at radius 2 is 2.19 bits per heavy atom. The van der Waals surface area contributed by atoms with Crippen molar-refractivity contribution in [3.8, 4) is 0 Å². The first-order valence-corrected chi connectivity index (χ1v) is 6.44. The molecule has 0 aromatic heterocycles. The largest absolute Gasteiger partial charge is 0.370 e. The summed E-state index contributed by atoms with van der Waals surface area (Å²) >= 11 is 0. The fraction of sp³-hybridized carbons (Fsp3) is 0.917. The molecule has 0 radical (unpaired) electrons. The van der Waals surface area contributed by atoms with Crippen molar-refractivity contribution in [2.75, 3.05) is 33.2 Å². The Hall–Kier alpha value is -0.770. The van der Waals surface area contributed by atoms with Gasteiger partial charge in [-0.2, -0.15) is 0 Å². The van der Waals surface area contributed by atoms with E-state index in [4.69, 9.17) is 5.73 Å². The van der Waals surface area contributed by atoms with Crippen molar-refractivity contribution >= 4 is 5.96 Å². The quantitative estimate of drug-likeness (QED) is 0.757. The van der Waals surface area contributed by atoms with E-state index in [1.165, 1.54) is 45.3 Å². The third-order valence-electron chi connectivity index (χ3n) is 4.14. The molecule has 1 atom stereocenters. The molecule has 2 aliphatic heterocycles. The number of hydrogen-bond acceptors (Lipinski definition) is 4. The van der Waals surface area contributed by atoms with Gasteiger partial charge in [0.05, 0.1) is 12.1 Å². The molecule has 2 aliphatic rings. The van der Waals surface area contributed by atoms with Gasteiger partial charge in [0.1, 0.15) is 0 Å². The second-order valence-electron chi connectivity index (χ2n) is 5.15. The minimum atomic E-state index is 0.229. The van der Waals surface area contributed by atoms with E-state index in [-0.39, 0.29) is 5.54 Å². The molecular formula is C12H24N4. The summed E-state index contributed by atoms with van der Waals surface area (Å²) in [5.74, 6) is 0.726. The smallest absolute Gasteiger partial charge is 0.191 e. The molecule has 2 rings (SSSR count). The average molecular weight is 224 g/mol. The van der Waals surface area contributed by atoms with E-state index in [0.717, 1.165) is 12.5 Å². The number of likely N-dealkylation sites (N-methyl/N-ethyl adjacent to an activating group) is 1. The van der Waals surface area contributed by atoms with Gasteiger partial charge in [-0.05, 0) is 38.8 Å². The van der Waals surface area contributed by atoms with Crippen molar-refractivity contribution in [3.63, 3.8) is 0 Å². The highest BCUT2D eigenvalue weighted by atomic mass is 15.3.